The second-order valence-corrected chi connectivity index (χ2v) is 6.02. The number of nitrogens with one attached hydrogen (secondary N) is 1. The molecule has 0 saturated heterocycles. The Bertz CT molecular complexity index is 483. The first-order chi connectivity index (χ1) is 10.6. The molecular formula is C17H26N2O3. The Morgan fingerprint density at radius 2 is 2.05 bits per heavy atom. The molecule has 1 aromatic rings. The number of nitrogens with zero attached hydrogens (tertiary/aromatic N) is 1. The molecule has 1 aliphatic carbocycles. The normalized spacial score (nSPS) is 16.0. The van der Waals surface area contributed by atoms with Crippen LogP contribution in [0.2, 0.25) is 0 Å². The summed E-state index contributed by atoms with van der Waals surface area (Å²) in [6, 6.07) is 7.72. The maximum atomic E-state index is 12.5. The second kappa shape index (κ2) is 7.61. The van der Waals surface area contributed by atoms with Gasteiger partial charge in [0.2, 0.25) is 5.91 Å². The van der Waals surface area contributed by atoms with Gasteiger partial charge in [-0.1, -0.05) is 6.42 Å². The highest BCUT2D eigenvalue weighted by molar-refractivity contribution is 5.96. The van der Waals surface area contributed by atoms with Crippen LogP contribution in [0, 0.1) is 5.41 Å². The van der Waals surface area contributed by atoms with Crippen LogP contribution >= 0.6 is 0 Å². The van der Waals surface area contributed by atoms with Crippen molar-refractivity contribution in [3.05, 3.63) is 24.3 Å². The molecule has 5 heteroatoms. The number of hydrogen-bond acceptors (Lipinski definition) is 4. The lowest BCUT2D eigenvalue weighted by atomic mass is 9.66. The lowest BCUT2D eigenvalue weighted by molar-refractivity contribution is -0.131. The lowest BCUT2D eigenvalue weighted by Crippen LogP contribution is -2.42. The number of methoxy groups -OCH3 is 1. The van der Waals surface area contributed by atoms with Crippen molar-refractivity contribution in [3.63, 3.8) is 0 Å². The highest BCUT2D eigenvalue weighted by Gasteiger charge is 2.43. The fraction of sp³-hybridized carbons (Fsp3) is 0.588. The molecule has 0 heterocycles. The molecule has 22 heavy (non-hydrogen) atoms. The molecule has 0 aromatic heterocycles. The standard InChI is InChI=1S/C17H26N2O3/c1-19(11-12-20)15-6-4-14(5-7-15)18-16(21)17(8-3-9-17)10-13-22-2/h4-7,20H,3,8-13H2,1-2H3,(H,18,21). The minimum atomic E-state index is -0.248. The van der Waals surface area contributed by atoms with Gasteiger partial charge in [0.25, 0.3) is 0 Å². The first-order valence-corrected chi connectivity index (χ1v) is 7.84. The van der Waals surface area contributed by atoms with Crippen molar-refractivity contribution in [1.82, 2.24) is 0 Å². The zero-order chi connectivity index (χ0) is 16.0. The highest BCUT2D eigenvalue weighted by atomic mass is 16.5. The third-order valence-corrected chi connectivity index (χ3v) is 4.58. The summed E-state index contributed by atoms with van der Waals surface area (Å²) in [4.78, 5) is 14.5. The number of ether oxygens (including phenoxy) is 1. The van der Waals surface area contributed by atoms with Gasteiger partial charge in [-0.15, -0.1) is 0 Å². The minimum absolute atomic E-state index is 0.104. The lowest BCUT2D eigenvalue weighted by Gasteiger charge is -2.40. The van der Waals surface area contributed by atoms with Gasteiger partial charge in [-0.25, -0.2) is 0 Å². The van der Waals surface area contributed by atoms with E-state index in [1.165, 1.54) is 0 Å². The van der Waals surface area contributed by atoms with Crippen LogP contribution in [0.4, 0.5) is 11.4 Å². The number of carbonyl (C=O) groups excluding carboxylic acids is 1. The fourth-order valence-corrected chi connectivity index (χ4v) is 2.83. The maximum absolute atomic E-state index is 12.5. The second-order valence-electron chi connectivity index (χ2n) is 6.02. The first-order valence-electron chi connectivity index (χ1n) is 7.84. The molecule has 5 nitrogen and oxygen atoms in total. The SMILES string of the molecule is COCCC1(C(=O)Nc2ccc(N(C)CCO)cc2)CCC1. The molecule has 0 atom stereocenters. The number of carbonyl (C=O) groups is 1. The smallest absolute Gasteiger partial charge is 0.230 e. The maximum Gasteiger partial charge on any atom is 0.230 e. The van der Waals surface area contributed by atoms with E-state index in [0.29, 0.717) is 13.2 Å². The van der Waals surface area contributed by atoms with Crippen molar-refractivity contribution < 1.29 is 14.6 Å². The minimum Gasteiger partial charge on any atom is -0.395 e. The molecule has 2 rings (SSSR count). The Morgan fingerprint density at radius 3 is 2.55 bits per heavy atom. The molecule has 1 fully saturated rings. The van der Waals surface area contributed by atoms with Gasteiger partial charge in [-0.3, -0.25) is 4.79 Å². The molecule has 0 spiro atoms. The van der Waals surface area contributed by atoms with Gasteiger partial charge in [0.05, 0.1) is 12.0 Å². The van der Waals surface area contributed by atoms with Gasteiger partial charge in [0.1, 0.15) is 0 Å². The van der Waals surface area contributed by atoms with Crippen molar-refractivity contribution in [2.24, 2.45) is 5.41 Å². The van der Waals surface area contributed by atoms with Crippen LogP contribution in [-0.4, -0.2) is 44.9 Å². The van der Waals surface area contributed by atoms with Crippen LogP contribution in [0.3, 0.4) is 0 Å². The molecule has 1 aliphatic rings. The number of anilines is 2. The van der Waals surface area contributed by atoms with Crippen molar-refractivity contribution in [2.45, 2.75) is 25.7 Å². The molecular weight excluding hydrogens is 280 g/mol. The van der Waals surface area contributed by atoms with Crippen LogP contribution in [0.25, 0.3) is 0 Å². The summed E-state index contributed by atoms with van der Waals surface area (Å²) >= 11 is 0. The van der Waals surface area contributed by atoms with Crippen molar-refractivity contribution in [1.29, 1.82) is 0 Å². The van der Waals surface area contributed by atoms with E-state index >= 15 is 0 Å². The van der Waals surface area contributed by atoms with E-state index in [1.807, 2.05) is 36.2 Å². The third kappa shape index (κ3) is 3.78. The van der Waals surface area contributed by atoms with Crippen molar-refractivity contribution in [3.8, 4) is 0 Å². The number of likely N-dealkylation sites (N-methyl/N-ethyl adjacent to an activating group) is 1. The summed E-state index contributed by atoms with van der Waals surface area (Å²) in [5, 5.41) is 12.0. The molecule has 2 N–H and O–H groups in total. The molecule has 1 aromatic carbocycles. The van der Waals surface area contributed by atoms with Gasteiger partial charge in [-0.2, -0.15) is 0 Å². The fourth-order valence-electron chi connectivity index (χ4n) is 2.83. The zero-order valence-electron chi connectivity index (χ0n) is 13.5. The van der Waals surface area contributed by atoms with Gasteiger partial charge >= 0.3 is 0 Å². The van der Waals surface area contributed by atoms with E-state index < -0.39 is 0 Å². The van der Waals surface area contributed by atoms with Gasteiger partial charge in [-0.05, 0) is 43.5 Å². The summed E-state index contributed by atoms with van der Waals surface area (Å²) in [5.74, 6) is 0.104. The summed E-state index contributed by atoms with van der Waals surface area (Å²) in [5.41, 5.74) is 1.59. The molecule has 0 radical (unpaired) electrons. The van der Waals surface area contributed by atoms with Crippen LogP contribution in [-0.2, 0) is 9.53 Å². The first kappa shape index (κ1) is 16.8. The summed E-state index contributed by atoms with van der Waals surface area (Å²) in [6.45, 7) is 1.33. The monoisotopic (exact) mass is 306 g/mol. The third-order valence-electron chi connectivity index (χ3n) is 4.58. The summed E-state index contributed by atoms with van der Waals surface area (Å²) < 4.78 is 5.13. The van der Waals surface area contributed by atoms with E-state index in [4.69, 9.17) is 9.84 Å². The van der Waals surface area contributed by atoms with Gasteiger partial charge in [0, 0.05) is 38.7 Å². The van der Waals surface area contributed by atoms with Crippen LogP contribution in [0.15, 0.2) is 24.3 Å². The Kier molecular flexibility index (Phi) is 5.80. The van der Waals surface area contributed by atoms with Crippen LogP contribution in [0.5, 0.6) is 0 Å². The summed E-state index contributed by atoms with van der Waals surface area (Å²) in [6.07, 6.45) is 3.79. The Balaban J connectivity index is 1.96. The predicted molar refractivity (Wildman–Crippen MR) is 88.2 cm³/mol. The van der Waals surface area contributed by atoms with E-state index in [-0.39, 0.29) is 17.9 Å². The molecule has 1 amide bonds. The van der Waals surface area contributed by atoms with E-state index in [1.54, 1.807) is 7.11 Å². The van der Waals surface area contributed by atoms with Gasteiger partial charge < -0.3 is 20.1 Å². The average molecular weight is 306 g/mol. The van der Waals surface area contributed by atoms with Crippen LogP contribution < -0.4 is 10.2 Å². The largest absolute Gasteiger partial charge is 0.395 e. The van der Waals surface area contributed by atoms with E-state index in [2.05, 4.69) is 5.32 Å². The topological polar surface area (TPSA) is 61.8 Å². The number of rotatable bonds is 8. The number of amides is 1. The zero-order valence-corrected chi connectivity index (χ0v) is 13.5. The van der Waals surface area contributed by atoms with Crippen molar-refractivity contribution >= 4 is 17.3 Å². The molecule has 0 bridgehead atoms. The van der Waals surface area contributed by atoms with Gasteiger partial charge in [0.15, 0.2) is 0 Å². The molecule has 0 aliphatic heterocycles. The number of benzene rings is 1. The van der Waals surface area contributed by atoms with E-state index in [9.17, 15) is 4.79 Å². The Hall–Kier alpha value is -1.59. The van der Waals surface area contributed by atoms with E-state index in [0.717, 1.165) is 37.1 Å². The number of aliphatic hydroxyl groups excluding tert-OH is 1. The van der Waals surface area contributed by atoms with Crippen LogP contribution in [0.1, 0.15) is 25.7 Å². The number of hydrogen-bond donors (Lipinski definition) is 2. The highest BCUT2D eigenvalue weighted by Crippen LogP contribution is 2.44. The Morgan fingerprint density at radius 1 is 1.36 bits per heavy atom. The Labute approximate surface area is 132 Å². The molecule has 0 unspecified atom stereocenters. The predicted octanol–water partition coefficient (Wildman–Crippen LogP) is 2.26. The van der Waals surface area contributed by atoms with Crippen molar-refractivity contribution in [2.75, 3.05) is 44.1 Å². The average Bonchev–Trinajstić information content (AvgIpc) is 2.47. The number of aliphatic hydroxyl groups is 1. The quantitative estimate of drug-likeness (QED) is 0.773. The molecule has 122 valence electrons. The summed E-state index contributed by atoms with van der Waals surface area (Å²) in [7, 11) is 3.60. The molecule has 1 saturated carbocycles.